The van der Waals surface area contributed by atoms with Crippen LogP contribution in [0.3, 0.4) is 0 Å². The van der Waals surface area contributed by atoms with Crippen molar-refractivity contribution in [3.63, 3.8) is 0 Å². The summed E-state index contributed by atoms with van der Waals surface area (Å²) in [4.78, 5) is 4.15. The fraction of sp³-hybridized carbons (Fsp3) is 0.0833. The Morgan fingerprint density at radius 1 is 1.29 bits per heavy atom. The number of aromatic nitrogens is 1. The number of hydrogen-bond acceptors (Lipinski definition) is 3. The molecule has 88 valence electrons. The third-order valence-corrected chi connectivity index (χ3v) is 3.64. The Bertz CT molecular complexity index is 531. The van der Waals surface area contributed by atoms with Gasteiger partial charge in [-0.15, -0.1) is 0 Å². The predicted octanol–water partition coefficient (Wildman–Crippen LogP) is 4.28. The van der Waals surface area contributed by atoms with Gasteiger partial charge in [-0.3, -0.25) is 0 Å². The molecule has 0 bridgehead atoms. The molecule has 0 aliphatic rings. The maximum atomic E-state index is 6.03. The van der Waals surface area contributed by atoms with Gasteiger partial charge in [0.15, 0.2) is 0 Å². The number of nitrogens with one attached hydrogen (secondary N) is 2. The fourth-order valence-electron chi connectivity index (χ4n) is 1.40. The van der Waals surface area contributed by atoms with Crippen molar-refractivity contribution in [1.82, 2.24) is 4.98 Å². The molecule has 2 rings (SSSR count). The van der Waals surface area contributed by atoms with Crippen LogP contribution in [0.2, 0.25) is 5.02 Å². The van der Waals surface area contributed by atoms with Crippen LogP contribution < -0.4 is 10.6 Å². The molecule has 17 heavy (non-hydrogen) atoms. The molecule has 0 unspecified atom stereocenters. The van der Waals surface area contributed by atoms with Gasteiger partial charge in [-0.05, 0) is 34.1 Å². The summed E-state index contributed by atoms with van der Waals surface area (Å²) in [5.74, 6) is 0.813. The molecule has 0 atom stereocenters. The van der Waals surface area contributed by atoms with E-state index in [1.165, 1.54) is 0 Å². The molecular weight excluding hydrogens is 302 g/mol. The summed E-state index contributed by atoms with van der Waals surface area (Å²) in [5.41, 5.74) is 1.87. The number of nitrogens with zero attached hydrogens (tertiary/aromatic N) is 1. The van der Waals surface area contributed by atoms with E-state index in [1.807, 2.05) is 37.4 Å². The Labute approximate surface area is 113 Å². The molecule has 0 spiro atoms. The molecule has 2 aromatic rings. The molecule has 1 aromatic heterocycles. The van der Waals surface area contributed by atoms with Crippen molar-refractivity contribution in [3.05, 3.63) is 46.0 Å². The summed E-state index contributed by atoms with van der Waals surface area (Å²) in [7, 11) is 1.83. The van der Waals surface area contributed by atoms with E-state index in [1.54, 1.807) is 6.20 Å². The average Bonchev–Trinajstić information content (AvgIpc) is 2.35. The van der Waals surface area contributed by atoms with Crippen molar-refractivity contribution in [1.29, 1.82) is 0 Å². The summed E-state index contributed by atoms with van der Waals surface area (Å²) in [6.07, 6.45) is 1.74. The number of anilines is 3. The Hall–Kier alpha value is -1.26. The minimum atomic E-state index is 0.679. The van der Waals surface area contributed by atoms with Crippen LogP contribution in [0.15, 0.2) is 41.0 Å². The van der Waals surface area contributed by atoms with Gasteiger partial charge < -0.3 is 10.6 Å². The van der Waals surface area contributed by atoms with Crippen LogP contribution in [0.4, 0.5) is 17.2 Å². The first-order valence-electron chi connectivity index (χ1n) is 5.05. The second-order valence-corrected chi connectivity index (χ2v) is 4.61. The van der Waals surface area contributed by atoms with Gasteiger partial charge in [0.05, 0.1) is 15.2 Å². The van der Waals surface area contributed by atoms with Crippen molar-refractivity contribution in [2.24, 2.45) is 0 Å². The van der Waals surface area contributed by atoms with Crippen molar-refractivity contribution in [2.75, 3.05) is 17.7 Å². The molecule has 0 fully saturated rings. The minimum absolute atomic E-state index is 0.679. The second-order valence-electron chi connectivity index (χ2n) is 3.41. The summed E-state index contributed by atoms with van der Waals surface area (Å²) in [5, 5.41) is 6.95. The highest BCUT2D eigenvalue weighted by molar-refractivity contribution is 9.10. The zero-order chi connectivity index (χ0) is 12.3. The van der Waals surface area contributed by atoms with Crippen LogP contribution in [0.1, 0.15) is 0 Å². The topological polar surface area (TPSA) is 37.0 Å². The fourth-order valence-corrected chi connectivity index (χ4v) is 1.94. The molecule has 0 saturated carbocycles. The first-order chi connectivity index (χ1) is 8.20. The predicted molar refractivity (Wildman–Crippen MR) is 76.2 cm³/mol. The number of rotatable bonds is 3. The van der Waals surface area contributed by atoms with E-state index in [4.69, 9.17) is 11.6 Å². The number of benzene rings is 1. The third kappa shape index (κ3) is 2.90. The summed E-state index contributed by atoms with van der Waals surface area (Å²) < 4.78 is 0.851. The average molecular weight is 313 g/mol. The monoisotopic (exact) mass is 311 g/mol. The lowest BCUT2D eigenvalue weighted by molar-refractivity contribution is 1.28. The molecule has 0 radical (unpaired) electrons. The highest BCUT2D eigenvalue weighted by atomic mass is 79.9. The molecular formula is C12H11BrClN3. The van der Waals surface area contributed by atoms with Crippen LogP contribution in [-0.2, 0) is 0 Å². The summed E-state index contributed by atoms with van der Waals surface area (Å²) in [6, 6.07) is 9.51. The maximum Gasteiger partial charge on any atom is 0.127 e. The van der Waals surface area contributed by atoms with Gasteiger partial charge in [-0.2, -0.15) is 0 Å². The largest absolute Gasteiger partial charge is 0.373 e. The van der Waals surface area contributed by atoms with Gasteiger partial charge in [0.2, 0.25) is 0 Å². The van der Waals surface area contributed by atoms with Crippen molar-refractivity contribution in [2.45, 2.75) is 0 Å². The minimum Gasteiger partial charge on any atom is -0.373 e. The zero-order valence-corrected chi connectivity index (χ0v) is 11.5. The van der Waals surface area contributed by atoms with Gasteiger partial charge in [-0.1, -0.05) is 17.7 Å². The Morgan fingerprint density at radius 3 is 2.88 bits per heavy atom. The van der Waals surface area contributed by atoms with Gasteiger partial charge >= 0.3 is 0 Å². The number of halogens is 2. The van der Waals surface area contributed by atoms with Gasteiger partial charge in [-0.25, -0.2) is 4.98 Å². The molecule has 3 nitrogen and oxygen atoms in total. The van der Waals surface area contributed by atoms with Gasteiger partial charge in [0.1, 0.15) is 5.82 Å². The maximum absolute atomic E-state index is 6.03. The van der Waals surface area contributed by atoms with Crippen LogP contribution in [0.25, 0.3) is 0 Å². The van der Waals surface area contributed by atoms with Crippen LogP contribution in [0.5, 0.6) is 0 Å². The van der Waals surface area contributed by atoms with E-state index in [0.29, 0.717) is 5.02 Å². The van der Waals surface area contributed by atoms with E-state index < -0.39 is 0 Å². The van der Waals surface area contributed by atoms with Crippen LogP contribution in [0, 0.1) is 0 Å². The van der Waals surface area contributed by atoms with E-state index in [2.05, 4.69) is 31.5 Å². The summed E-state index contributed by atoms with van der Waals surface area (Å²) in [6.45, 7) is 0. The smallest absolute Gasteiger partial charge is 0.127 e. The molecule has 2 N–H and O–H groups in total. The lowest BCUT2D eigenvalue weighted by atomic mass is 10.3. The normalized spacial score (nSPS) is 10.1. The Kier molecular flexibility index (Phi) is 3.86. The lowest BCUT2D eigenvalue weighted by Crippen LogP contribution is -1.95. The first kappa shape index (κ1) is 12.2. The van der Waals surface area contributed by atoms with E-state index in [9.17, 15) is 0 Å². The van der Waals surface area contributed by atoms with Crippen LogP contribution in [-0.4, -0.2) is 12.0 Å². The quantitative estimate of drug-likeness (QED) is 0.888. The van der Waals surface area contributed by atoms with Gasteiger partial charge in [0, 0.05) is 25.0 Å². The van der Waals surface area contributed by atoms with Gasteiger partial charge in [0.25, 0.3) is 0 Å². The Morgan fingerprint density at radius 2 is 2.12 bits per heavy atom. The zero-order valence-electron chi connectivity index (χ0n) is 9.17. The first-order valence-corrected chi connectivity index (χ1v) is 6.22. The second kappa shape index (κ2) is 5.38. The summed E-state index contributed by atoms with van der Waals surface area (Å²) >= 11 is 9.47. The molecule has 0 saturated heterocycles. The highest BCUT2D eigenvalue weighted by Crippen LogP contribution is 2.32. The van der Waals surface area contributed by atoms with Crippen molar-refractivity contribution in [3.8, 4) is 0 Å². The van der Waals surface area contributed by atoms with Crippen molar-refractivity contribution < 1.29 is 0 Å². The standard InChI is InChI=1S/C12H11BrClN3/c1-15-11-7-8(5-6-16-11)17-10-4-2-3-9(14)12(10)13/h2-7H,1H3,(H2,15,16,17). The van der Waals surface area contributed by atoms with Crippen molar-refractivity contribution >= 4 is 44.7 Å². The number of hydrogen-bond donors (Lipinski definition) is 2. The third-order valence-electron chi connectivity index (χ3n) is 2.25. The molecule has 0 aliphatic carbocycles. The van der Waals surface area contributed by atoms with E-state index >= 15 is 0 Å². The Balaban J connectivity index is 2.28. The molecule has 0 amide bonds. The molecule has 1 aromatic carbocycles. The molecule has 0 aliphatic heterocycles. The highest BCUT2D eigenvalue weighted by Gasteiger charge is 2.04. The van der Waals surface area contributed by atoms with E-state index in [0.717, 1.165) is 21.7 Å². The number of pyridine rings is 1. The lowest BCUT2D eigenvalue weighted by Gasteiger charge is -2.10. The van der Waals surface area contributed by atoms with E-state index in [-0.39, 0.29) is 0 Å². The molecule has 5 heteroatoms. The molecule has 1 heterocycles. The van der Waals surface area contributed by atoms with Crippen LogP contribution >= 0.6 is 27.5 Å². The SMILES string of the molecule is CNc1cc(Nc2cccc(Cl)c2Br)ccn1.